The number of nitrogens with one attached hydrogen (secondary N) is 1. The van der Waals surface area contributed by atoms with E-state index in [0.29, 0.717) is 4.47 Å². The van der Waals surface area contributed by atoms with Crippen LogP contribution in [0.5, 0.6) is 0 Å². The van der Waals surface area contributed by atoms with Gasteiger partial charge in [0.15, 0.2) is 0 Å². The lowest BCUT2D eigenvalue weighted by molar-refractivity contribution is 0.555. The fraction of sp³-hybridized carbons (Fsp3) is 0.200. The molecule has 0 spiro atoms. The maximum atomic E-state index is 12.4. The van der Waals surface area contributed by atoms with Gasteiger partial charge in [-0.1, -0.05) is 36.4 Å². The molecule has 3 nitrogen and oxygen atoms in total. The number of hydrogen-bond acceptors (Lipinski definition) is 2. The summed E-state index contributed by atoms with van der Waals surface area (Å²) in [6.45, 7) is 0. The van der Waals surface area contributed by atoms with Crippen LogP contribution in [0.4, 0.5) is 0 Å². The van der Waals surface area contributed by atoms with E-state index in [4.69, 9.17) is 0 Å². The molecule has 0 unspecified atom stereocenters. The van der Waals surface area contributed by atoms with Gasteiger partial charge >= 0.3 is 0 Å². The molecule has 2 aromatic carbocycles. The highest BCUT2D eigenvalue weighted by atomic mass is 79.9. The van der Waals surface area contributed by atoms with Gasteiger partial charge in [0.2, 0.25) is 10.0 Å². The van der Waals surface area contributed by atoms with Gasteiger partial charge in [0.25, 0.3) is 0 Å². The highest BCUT2D eigenvalue weighted by molar-refractivity contribution is 9.10. The van der Waals surface area contributed by atoms with Crippen LogP contribution in [0.3, 0.4) is 0 Å². The zero-order chi connectivity index (χ0) is 14.2. The van der Waals surface area contributed by atoms with E-state index in [1.54, 1.807) is 24.3 Å². The molecule has 104 valence electrons. The van der Waals surface area contributed by atoms with Crippen molar-refractivity contribution in [2.24, 2.45) is 0 Å². The van der Waals surface area contributed by atoms with Crippen LogP contribution in [0, 0.1) is 0 Å². The van der Waals surface area contributed by atoms with Gasteiger partial charge in [0, 0.05) is 10.5 Å². The maximum absolute atomic E-state index is 12.4. The summed E-state index contributed by atoms with van der Waals surface area (Å²) in [7, 11) is -3.49. The van der Waals surface area contributed by atoms with E-state index >= 15 is 0 Å². The summed E-state index contributed by atoms with van der Waals surface area (Å²) in [5.41, 5.74) is 2.46. The fourth-order valence-corrected chi connectivity index (χ4v) is 4.83. The van der Waals surface area contributed by atoms with Gasteiger partial charge < -0.3 is 0 Å². The van der Waals surface area contributed by atoms with Gasteiger partial charge in [-0.15, -0.1) is 0 Å². The molecule has 1 aliphatic carbocycles. The minimum absolute atomic E-state index is 0.0653. The lowest BCUT2D eigenvalue weighted by Gasteiger charge is -2.13. The van der Waals surface area contributed by atoms with Crippen molar-refractivity contribution in [1.82, 2.24) is 4.72 Å². The van der Waals surface area contributed by atoms with E-state index < -0.39 is 10.0 Å². The molecule has 2 aromatic rings. The summed E-state index contributed by atoms with van der Waals surface area (Å²) in [6.07, 6.45) is 1.50. The van der Waals surface area contributed by atoms with Gasteiger partial charge in [-0.3, -0.25) is 0 Å². The number of fused-ring (bicyclic) bond motifs is 1. The lowest BCUT2D eigenvalue weighted by Crippen LogP contribution is -2.35. The third-order valence-corrected chi connectivity index (χ3v) is 6.03. The molecule has 1 N–H and O–H groups in total. The van der Waals surface area contributed by atoms with Crippen LogP contribution in [0.2, 0.25) is 0 Å². The van der Waals surface area contributed by atoms with Crippen molar-refractivity contribution in [3.8, 4) is 0 Å². The molecule has 3 rings (SSSR count). The third kappa shape index (κ3) is 2.66. The zero-order valence-electron chi connectivity index (χ0n) is 10.7. The van der Waals surface area contributed by atoms with Crippen LogP contribution in [0.15, 0.2) is 57.9 Å². The third-order valence-electron chi connectivity index (χ3n) is 3.50. The van der Waals surface area contributed by atoms with Crippen molar-refractivity contribution in [2.45, 2.75) is 23.8 Å². The molecule has 0 aliphatic heterocycles. The molecular weight excluding hydrogens is 338 g/mol. The average molecular weight is 352 g/mol. The molecule has 0 bridgehead atoms. The summed E-state index contributed by atoms with van der Waals surface area (Å²) in [6, 6.07) is 14.9. The van der Waals surface area contributed by atoms with Crippen molar-refractivity contribution < 1.29 is 8.42 Å². The Hall–Kier alpha value is -1.17. The van der Waals surface area contributed by atoms with E-state index in [2.05, 4.69) is 32.8 Å². The second kappa shape index (κ2) is 5.31. The molecule has 0 aromatic heterocycles. The fourth-order valence-electron chi connectivity index (χ4n) is 2.59. The monoisotopic (exact) mass is 351 g/mol. The first kappa shape index (κ1) is 13.8. The van der Waals surface area contributed by atoms with E-state index in [1.807, 2.05) is 12.1 Å². The summed E-state index contributed by atoms with van der Waals surface area (Å²) in [5.74, 6) is 0. The predicted octanol–water partition coefficient (Wildman–Crippen LogP) is 2.89. The molecule has 0 fully saturated rings. The van der Waals surface area contributed by atoms with Crippen molar-refractivity contribution in [1.29, 1.82) is 0 Å². The standard InChI is InChI=1S/C15H14BrNO2S/c16-14-7-3-4-8-15(14)20(18,19)17-13-9-11-5-1-2-6-12(11)10-13/h1-8,13,17H,9-10H2. The number of rotatable bonds is 3. The first-order valence-electron chi connectivity index (χ1n) is 6.40. The predicted molar refractivity (Wildman–Crippen MR) is 82.1 cm³/mol. The highest BCUT2D eigenvalue weighted by Crippen LogP contribution is 2.25. The Kier molecular flexibility index (Phi) is 3.67. The van der Waals surface area contributed by atoms with Crippen molar-refractivity contribution in [3.05, 3.63) is 64.1 Å². The Morgan fingerprint density at radius 3 is 2.10 bits per heavy atom. The quantitative estimate of drug-likeness (QED) is 0.923. The minimum atomic E-state index is -3.49. The summed E-state index contributed by atoms with van der Waals surface area (Å²) in [4.78, 5) is 0.288. The normalized spacial score (nSPS) is 15.2. The highest BCUT2D eigenvalue weighted by Gasteiger charge is 2.27. The van der Waals surface area contributed by atoms with Gasteiger partial charge in [-0.2, -0.15) is 0 Å². The van der Waals surface area contributed by atoms with Crippen molar-refractivity contribution in [3.63, 3.8) is 0 Å². The molecular formula is C15H14BrNO2S. The topological polar surface area (TPSA) is 46.2 Å². The van der Waals surface area contributed by atoms with Crippen LogP contribution < -0.4 is 4.72 Å². The largest absolute Gasteiger partial charge is 0.241 e. The van der Waals surface area contributed by atoms with E-state index in [0.717, 1.165) is 12.8 Å². The molecule has 0 heterocycles. The van der Waals surface area contributed by atoms with Gasteiger partial charge in [0.1, 0.15) is 0 Å². The zero-order valence-corrected chi connectivity index (χ0v) is 13.1. The summed E-state index contributed by atoms with van der Waals surface area (Å²) in [5, 5.41) is 0. The molecule has 20 heavy (non-hydrogen) atoms. The molecule has 0 saturated heterocycles. The lowest BCUT2D eigenvalue weighted by atomic mass is 10.1. The minimum Gasteiger partial charge on any atom is -0.207 e. The van der Waals surface area contributed by atoms with Crippen LogP contribution in [-0.2, 0) is 22.9 Å². The molecule has 5 heteroatoms. The molecule has 0 atom stereocenters. The van der Waals surface area contributed by atoms with E-state index in [1.165, 1.54) is 11.1 Å². The summed E-state index contributed by atoms with van der Waals surface area (Å²) < 4.78 is 28.2. The Morgan fingerprint density at radius 1 is 0.950 bits per heavy atom. The smallest absolute Gasteiger partial charge is 0.207 e. The Labute approximate surface area is 127 Å². The van der Waals surface area contributed by atoms with E-state index in [9.17, 15) is 8.42 Å². The van der Waals surface area contributed by atoms with Crippen LogP contribution in [0.25, 0.3) is 0 Å². The van der Waals surface area contributed by atoms with Crippen LogP contribution in [0.1, 0.15) is 11.1 Å². The number of halogens is 1. The van der Waals surface area contributed by atoms with Crippen molar-refractivity contribution in [2.75, 3.05) is 0 Å². The Morgan fingerprint density at radius 2 is 1.50 bits per heavy atom. The van der Waals surface area contributed by atoms with Gasteiger partial charge in [-0.25, -0.2) is 13.1 Å². The molecule has 0 radical (unpaired) electrons. The van der Waals surface area contributed by atoms with Crippen LogP contribution >= 0.6 is 15.9 Å². The first-order valence-corrected chi connectivity index (χ1v) is 8.67. The average Bonchev–Trinajstić information content (AvgIpc) is 2.80. The SMILES string of the molecule is O=S(=O)(NC1Cc2ccccc2C1)c1ccccc1Br. The number of sulfonamides is 1. The number of hydrogen-bond donors (Lipinski definition) is 1. The van der Waals surface area contributed by atoms with Crippen molar-refractivity contribution >= 4 is 26.0 Å². The Balaban J connectivity index is 1.81. The number of benzene rings is 2. The van der Waals surface area contributed by atoms with Gasteiger partial charge in [-0.05, 0) is 52.0 Å². The summed E-state index contributed by atoms with van der Waals surface area (Å²) >= 11 is 3.29. The maximum Gasteiger partial charge on any atom is 0.241 e. The molecule has 0 saturated carbocycles. The second-order valence-electron chi connectivity index (χ2n) is 4.93. The van der Waals surface area contributed by atoms with Crippen LogP contribution in [-0.4, -0.2) is 14.5 Å². The molecule has 0 amide bonds. The molecule has 1 aliphatic rings. The Bertz CT molecular complexity index is 718. The van der Waals surface area contributed by atoms with E-state index in [-0.39, 0.29) is 10.9 Å². The first-order chi connectivity index (χ1) is 9.56. The second-order valence-corrected chi connectivity index (χ2v) is 7.46. The van der Waals surface area contributed by atoms with Gasteiger partial charge in [0.05, 0.1) is 4.90 Å².